The van der Waals surface area contributed by atoms with Gasteiger partial charge in [0.2, 0.25) is 0 Å². The Bertz CT molecular complexity index is 830. The molecule has 0 aliphatic rings. The van der Waals surface area contributed by atoms with Crippen LogP contribution < -0.4 is 17.0 Å². The number of allylic oxidation sites excluding steroid dienone is 1. The molecule has 0 aliphatic heterocycles. The van der Waals surface area contributed by atoms with Crippen molar-refractivity contribution in [3.05, 3.63) is 68.4 Å². The van der Waals surface area contributed by atoms with Crippen LogP contribution in [0.25, 0.3) is 6.08 Å². The number of hydrogen-bond donors (Lipinski definition) is 1. The second-order valence-electron chi connectivity index (χ2n) is 4.57. The van der Waals surface area contributed by atoms with Crippen LogP contribution in [-0.4, -0.2) is 14.9 Å². The average molecular weight is 285 g/mol. The highest BCUT2D eigenvalue weighted by molar-refractivity contribution is 6.09. The molecular weight excluding hydrogens is 270 g/mol. The third-order valence-electron chi connectivity index (χ3n) is 3.18. The summed E-state index contributed by atoms with van der Waals surface area (Å²) < 4.78 is 1.94. The van der Waals surface area contributed by atoms with Crippen molar-refractivity contribution in [3.63, 3.8) is 0 Å². The third-order valence-corrected chi connectivity index (χ3v) is 3.18. The van der Waals surface area contributed by atoms with Crippen LogP contribution in [0.1, 0.15) is 15.9 Å². The van der Waals surface area contributed by atoms with Gasteiger partial charge in [0.1, 0.15) is 11.4 Å². The van der Waals surface area contributed by atoms with Crippen LogP contribution in [0.15, 0.2) is 46.0 Å². The molecule has 6 nitrogen and oxygen atoms in total. The fourth-order valence-electron chi connectivity index (χ4n) is 1.91. The van der Waals surface area contributed by atoms with Crippen molar-refractivity contribution in [1.29, 1.82) is 0 Å². The quantitative estimate of drug-likeness (QED) is 0.659. The third kappa shape index (κ3) is 2.69. The van der Waals surface area contributed by atoms with E-state index < -0.39 is 17.0 Å². The van der Waals surface area contributed by atoms with Gasteiger partial charge in [0, 0.05) is 14.1 Å². The standard InChI is InChI=1S/C15H15N3O3/c1-17-13(16)12(14(20)18(2)15(17)21)11(19)9-8-10-6-4-3-5-7-10/h3-9H,16H2,1-2H3. The van der Waals surface area contributed by atoms with Crippen LogP contribution in [0.2, 0.25) is 0 Å². The number of rotatable bonds is 3. The van der Waals surface area contributed by atoms with Crippen LogP contribution in [0.3, 0.4) is 0 Å². The molecule has 0 aliphatic carbocycles. The maximum atomic E-state index is 12.2. The number of carbonyl (C=O) groups is 1. The number of nitrogens with two attached hydrogens (primary N) is 1. The predicted molar refractivity (Wildman–Crippen MR) is 81.1 cm³/mol. The van der Waals surface area contributed by atoms with E-state index in [1.54, 1.807) is 6.08 Å². The lowest BCUT2D eigenvalue weighted by Gasteiger charge is -2.09. The summed E-state index contributed by atoms with van der Waals surface area (Å²) in [4.78, 5) is 35.9. The van der Waals surface area contributed by atoms with Gasteiger partial charge < -0.3 is 5.73 Å². The Morgan fingerprint density at radius 1 is 1.10 bits per heavy atom. The van der Waals surface area contributed by atoms with Gasteiger partial charge in [-0.3, -0.25) is 18.7 Å². The second-order valence-corrected chi connectivity index (χ2v) is 4.57. The molecule has 0 spiro atoms. The zero-order chi connectivity index (χ0) is 15.6. The van der Waals surface area contributed by atoms with E-state index in [9.17, 15) is 14.4 Å². The first-order chi connectivity index (χ1) is 9.93. The summed E-state index contributed by atoms with van der Waals surface area (Å²) >= 11 is 0. The molecule has 0 fully saturated rings. The van der Waals surface area contributed by atoms with Crippen LogP contribution in [0.4, 0.5) is 5.82 Å². The van der Waals surface area contributed by atoms with E-state index in [-0.39, 0.29) is 11.4 Å². The lowest BCUT2D eigenvalue weighted by Crippen LogP contribution is -2.41. The number of benzene rings is 1. The van der Waals surface area contributed by atoms with Crippen molar-refractivity contribution < 1.29 is 4.79 Å². The fraction of sp³-hybridized carbons (Fsp3) is 0.133. The van der Waals surface area contributed by atoms with Gasteiger partial charge in [-0.2, -0.15) is 0 Å². The smallest absolute Gasteiger partial charge is 0.332 e. The van der Waals surface area contributed by atoms with Gasteiger partial charge in [-0.1, -0.05) is 36.4 Å². The van der Waals surface area contributed by atoms with E-state index in [4.69, 9.17) is 5.73 Å². The van der Waals surface area contributed by atoms with E-state index in [0.29, 0.717) is 0 Å². The van der Waals surface area contributed by atoms with Crippen LogP contribution in [-0.2, 0) is 14.1 Å². The molecule has 0 unspecified atom stereocenters. The molecule has 0 radical (unpaired) electrons. The number of nitrogen functional groups attached to an aromatic ring is 1. The van der Waals surface area contributed by atoms with Crippen LogP contribution in [0, 0.1) is 0 Å². The Morgan fingerprint density at radius 2 is 1.71 bits per heavy atom. The molecule has 6 heteroatoms. The highest BCUT2D eigenvalue weighted by atomic mass is 16.2. The van der Waals surface area contributed by atoms with E-state index in [0.717, 1.165) is 14.7 Å². The van der Waals surface area contributed by atoms with Gasteiger partial charge in [0.25, 0.3) is 5.56 Å². The molecule has 0 bridgehead atoms. The Balaban J connectivity index is 2.48. The molecule has 1 heterocycles. The van der Waals surface area contributed by atoms with Crippen LogP contribution in [0.5, 0.6) is 0 Å². The monoisotopic (exact) mass is 285 g/mol. The molecule has 1 aromatic heterocycles. The molecular formula is C15H15N3O3. The van der Waals surface area contributed by atoms with Crippen molar-refractivity contribution in [3.8, 4) is 0 Å². The molecule has 21 heavy (non-hydrogen) atoms. The highest BCUT2D eigenvalue weighted by Crippen LogP contribution is 2.07. The molecule has 2 rings (SSSR count). The SMILES string of the molecule is Cn1c(N)c(C(=O)C=Cc2ccccc2)c(=O)n(C)c1=O. The number of aromatic nitrogens is 2. The molecule has 0 atom stereocenters. The normalized spacial score (nSPS) is 11.0. The minimum Gasteiger partial charge on any atom is -0.384 e. The van der Waals surface area contributed by atoms with Crippen molar-refractivity contribution >= 4 is 17.7 Å². The first kappa shape index (κ1) is 14.5. The van der Waals surface area contributed by atoms with Crippen molar-refractivity contribution in [1.82, 2.24) is 9.13 Å². The number of hydrogen-bond acceptors (Lipinski definition) is 4. The van der Waals surface area contributed by atoms with Crippen molar-refractivity contribution in [2.24, 2.45) is 14.1 Å². The average Bonchev–Trinajstić information content (AvgIpc) is 2.50. The number of nitrogens with zero attached hydrogens (tertiary/aromatic N) is 2. The van der Waals surface area contributed by atoms with Gasteiger partial charge in [0.05, 0.1) is 0 Å². The number of anilines is 1. The largest absolute Gasteiger partial charge is 0.384 e. The first-order valence-electron chi connectivity index (χ1n) is 6.26. The first-order valence-corrected chi connectivity index (χ1v) is 6.26. The van der Waals surface area contributed by atoms with Crippen molar-refractivity contribution in [2.75, 3.05) is 5.73 Å². The Labute approximate surface area is 120 Å². The van der Waals surface area contributed by atoms with E-state index in [2.05, 4.69) is 0 Å². The Kier molecular flexibility index (Phi) is 3.89. The van der Waals surface area contributed by atoms with Crippen molar-refractivity contribution in [2.45, 2.75) is 0 Å². The molecule has 2 N–H and O–H groups in total. The van der Waals surface area contributed by atoms with Gasteiger partial charge in [-0.25, -0.2) is 4.79 Å². The molecule has 2 aromatic rings. The van der Waals surface area contributed by atoms with E-state index in [1.807, 2.05) is 30.3 Å². The van der Waals surface area contributed by atoms with Crippen LogP contribution >= 0.6 is 0 Å². The zero-order valence-electron chi connectivity index (χ0n) is 11.7. The zero-order valence-corrected chi connectivity index (χ0v) is 11.7. The minimum absolute atomic E-state index is 0.134. The van der Waals surface area contributed by atoms with Gasteiger partial charge in [0.15, 0.2) is 5.78 Å². The van der Waals surface area contributed by atoms with Gasteiger partial charge in [-0.05, 0) is 11.6 Å². The maximum absolute atomic E-state index is 12.2. The second kappa shape index (κ2) is 5.62. The summed E-state index contributed by atoms with van der Waals surface area (Å²) in [7, 11) is 2.72. The summed E-state index contributed by atoms with van der Waals surface area (Å²) in [5, 5.41) is 0. The topological polar surface area (TPSA) is 87.1 Å². The predicted octanol–water partition coefficient (Wildman–Crippen LogP) is 0.562. The number of ketones is 1. The lowest BCUT2D eigenvalue weighted by molar-refractivity contribution is 0.104. The summed E-state index contributed by atoms with van der Waals surface area (Å²) in [6.07, 6.45) is 2.86. The summed E-state index contributed by atoms with van der Waals surface area (Å²) in [6, 6.07) is 9.19. The minimum atomic E-state index is -0.696. The van der Waals surface area contributed by atoms with E-state index in [1.165, 1.54) is 20.2 Å². The summed E-state index contributed by atoms with van der Waals surface area (Å²) in [6.45, 7) is 0. The summed E-state index contributed by atoms with van der Waals surface area (Å²) in [5.41, 5.74) is 5.08. The van der Waals surface area contributed by atoms with Gasteiger partial charge >= 0.3 is 5.69 Å². The van der Waals surface area contributed by atoms with E-state index >= 15 is 0 Å². The highest BCUT2D eigenvalue weighted by Gasteiger charge is 2.17. The summed E-state index contributed by atoms with van der Waals surface area (Å²) in [5.74, 6) is -0.668. The molecule has 108 valence electrons. The maximum Gasteiger partial charge on any atom is 0.332 e. The Hall–Kier alpha value is -2.89. The molecule has 0 amide bonds. The molecule has 0 saturated heterocycles. The molecule has 1 aromatic carbocycles. The Morgan fingerprint density at radius 3 is 2.33 bits per heavy atom. The molecule has 0 saturated carbocycles. The van der Waals surface area contributed by atoms with Gasteiger partial charge in [-0.15, -0.1) is 0 Å². The lowest BCUT2D eigenvalue weighted by atomic mass is 10.1. The fourth-order valence-corrected chi connectivity index (χ4v) is 1.91. The number of carbonyl (C=O) groups excluding carboxylic acids is 1.